The standard InChI is InChI=1S/C17H28N4O2/c1-21-11-13(8-20-21)15-9-18-10-16(15)17(22)19-7-12-3-5-14(23-2)6-4-12/h8,11-12,14-16,18H,3-7,9-10H2,1-2H3,(H,19,22)/t12?,14?,15-,16+/m1/s1. The van der Waals surface area contributed by atoms with Crippen molar-refractivity contribution < 1.29 is 9.53 Å². The maximum absolute atomic E-state index is 12.6. The molecular weight excluding hydrogens is 292 g/mol. The minimum absolute atomic E-state index is 0.00881. The van der Waals surface area contributed by atoms with Gasteiger partial charge in [-0.25, -0.2) is 0 Å². The molecule has 2 heterocycles. The zero-order chi connectivity index (χ0) is 16.2. The van der Waals surface area contributed by atoms with Crippen molar-refractivity contribution in [3.8, 4) is 0 Å². The fraction of sp³-hybridized carbons (Fsp3) is 0.765. The molecule has 0 radical (unpaired) electrons. The van der Waals surface area contributed by atoms with Gasteiger partial charge in [-0.3, -0.25) is 9.48 Å². The Labute approximate surface area is 138 Å². The minimum Gasteiger partial charge on any atom is -0.381 e. The number of amides is 1. The van der Waals surface area contributed by atoms with Gasteiger partial charge in [-0.15, -0.1) is 0 Å². The molecule has 0 aromatic carbocycles. The van der Waals surface area contributed by atoms with Gasteiger partial charge in [0.25, 0.3) is 0 Å². The molecule has 0 bridgehead atoms. The molecule has 2 aliphatic rings. The highest BCUT2D eigenvalue weighted by molar-refractivity contribution is 5.80. The Hall–Kier alpha value is -1.40. The normalized spacial score (nSPS) is 31.2. The number of nitrogens with zero attached hydrogens (tertiary/aromatic N) is 2. The van der Waals surface area contributed by atoms with Gasteiger partial charge in [-0.1, -0.05) is 0 Å². The van der Waals surface area contributed by atoms with Crippen molar-refractivity contribution in [3.05, 3.63) is 18.0 Å². The Bertz CT molecular complexity index is 522. The fourth-order valence-corrected chi connectivity index (χ4v) is 3.88. The summed E-state index contributed by atoms with van der Waals surface area (Å²) in [7, 11) is 3.70. The number of hydrogen-bond donors (Lipinski definition) is 2. The first-order valence-electron chi connectivity index (χ1n) is 8.67. The molecule has 3 rings (SSSR count). The van der Waals surface area contributed by atoms with Crippen LogP contribution in [0.1, 0.15) is 37.2 Å². The van der Waals surface area contributed by atoms with Crippen molar-refractivity contribution in [2.45, 2.75) is 37.7 Å². The van der Waals surface area contributed by atoms with Crippen LogP contribution >= 0.6 is 0 Å². The summed E-state index contributed by atoms with van der Waals surface area (Å²) in [5.41, 5.74) is 1.15. The first-order chi connectivity index (χ1) is 11.2. The number of aryl methyl sites for hydroxylation is 1. The van der Waals surface area contributed by atoms with Crippen molar-refractivity contribution >= 4 is 5.91 Å². The lowest BCUT2D eigenvalue weighted by molar-refractivity contribution is -0.125. The van der Waals surface area contributed by atoms with Crippen molar-refractivity contribution in [1.29, 1.82) is 0 Å². The van der Waals surface area contributed by atoms with E-state index in [-0.39, 0.29) is 17.7 Å². The summed E-state index contributed by atoms with van der Waals surface area (Å²) in [6.07, 6.45) is 8.83. The summed E-state index contributed by atoms with van der Waals surface area (Å²) >= 11 is 0. The number of hydrogen-bond acceptors (Lipinski definition) is 4. The van der Waals surface area contributed by atoms with E-state index in [1.807, 2.05) is 19.4 Å². The monoisotopic (exact) mass is 320 g/mol. The number of ether oxygens (including phenoxy) is 1. The van der Waals surface area contributed by atoms with Crippen molar-refractivity contribution in [1.82, 2.24) is 20.4 Å². The zero-order valence-electron chi connectivity index (χ0n) is 14.1. The second kappa shape index (κ2) is 7.45. The molecule has 1 amide bonds. The van der Waals surface area contributed by atoms with E-state index in [1.54, 1.807) is 11.8 Å². The van der Waals surface area contributed by atoms with E-state index in [2.05, 4.69) is 15.7 Å². The third kappa shape index (κ3) is 3.93. The molecule has 128 valence electrons. The van der Waals surface area contributed by atoms with Crippen LogP contribution in [0.15, 0.2) is 12.4 Å². The molecule has 2 fully saturated rings. The first kappa shape index (κ1) is 16.5. The van der Waals surface area contributed by atoms with Gasteiger partial charge in [-0.05, 0) is 37.2 Å². The van der Waals surface area contributed by atoms with E-state index in [0.29, 0.717) is 12.0 Å². The van der Waals surface area contributed by atoms with E-state index in [0.717, 1.165) is 50.9 Å². The second-order valence-corrected chi connectivity index (χ2v) is 6.94. The van der Waals surface area contributed by atoms with E-state index in [4.69, 9.17) is 4.74 Å². The van der Waals surface area contributed by atoms with Crippen LogP contribution in [0, 0.1) is 11.8 Å². The smallest absolute Gasteiger partial charge is 0.225 e. The summed E-state index contributed by atoms with van der Waals surface area (Å²) < 4.78 is 7.21. The predicted molar refractivity (Wildman–Crippen MR) is 88.1 cm³/mol. The summed E-state index contributed by atoms with van der Waals surface area (Å²) in [5.74, 6) is 1.01. The highest BCUT2D eigenvalue weighted by Crippen LogP contribution is 2.29. The highest BCUT2D eigenvalue weighted by atomic mass is 16.5. The molecule has 2 N–H and O–H groups in total. The number of rotatable bonds is 5. The van der Waals surface area contributed by atoms with Crippen LogP contribution in [0.5, 0.6) is 0 Å². The van der Waals surface area contributed by atoms with Gasteiger partial charge >= 0.3 is 0 Å². The third-order valence-electron chi connectivity index (χ3n) is 5.40. The van der Waals surface area contributed by atoms with Crippen LogP contribution in [-0.4, -0.2) is 48.5 Å². The van der Waals surface area contributed by atoms with E-state index in [9.17, 15) is 4.79 Å². The average Bonchev–Trinajstić information content (AvgIpc) is 3.21. The highest BCUT2D eigenvalue weighted by Gasteiger charge is 2.35. The molecule has 1 aliphatic heterocycles. The van der Waals surface area contributed by atoms with Gasteiger partial charge in [0.05, 0.1) is 18.2 Å². The van der Waals surface area contributed by atoms with Crippen molar-refractivity contribution in [2.75, 3.05) is 26.7 Å². The summed E-state index contributed by atoms with van der Waals surface area (Å²) in [6.45, 7) is 2.40. The molecule has 1 saturated heterocycles. The summed E-state index contributed by atoms with van der Waals surface area (Å²) in [6, 6.07) is 0. The van der Waals surface area contributed by atoms with Crippen molar-refractivity contribution in [3.63, 3.8) is 0 Å². The molecule has 1 saturated carbocycles. The maximum Gasteiger partial charge on any atom is 0.225 e. The number of methoxy groups -OCH3 is 1. The Kier molecular flexibility index (Phi) is 5.33. The lowest BCUT2D eigenvalue weighted by Crippen LogP contribution is -2.38. The molecule has 23 heavy (non-hydrogen) atoms. The van der Waals surface area contributed by atoms with Crippen LogP contribution in [0.25, 0.3) is 0 Å². The van der Waals surface area contributed by atoms with Crippen molar-refractivity contribution in [2.24, 2.45) is 18.9 Å². The Balaban J connectivity index is 1.50. The van der Waals surface area contributed by atoms with E-state index in [1.165, 1.54) is 0 Å². The second-order valence-electron chi connectivity index (χ2n) is 6.94. The lowest BCUT2D eigenvalue weighted by Gasteiger charge is -2.28. The third-order valence-corrected chi connectivity index (χ3v) is 5.40. The number of carbonyl (C=O) groups is 1. The van der Waals surface area contributed by atoms with Gasteiger partial charge in [0.1, 0.15) is 0 Å². The SMILES string of the molecule is COC1CCC(CNC(=O)[C@H]2CNC[C@@H]2c2cnn(C)c2)CC1. The largest absolute Gasteiger partial charge is 0.381 e. The fourth-order valence-electron chi connectivity index (χ4n) is 3.88. The van der Waals surface area contributed by atoms with E-state index < -0.39 is 0 Å². The van der Waals surface area contributed by atoms with Crippen LogP contribution in [0.2, 0.25) is 0 Å². The molecule has 1 aromatic heterocycles. The number of aromatic nitrogens is 2. The molecule has 2 atom stereocenters. The Morgan fingerprint density at radius 2 is 2.17 bits per heavy atom. The Morgan fingerprint density at radius 3 is 2.83 bits per heavy atom. The van der Waals surface area contributed by atoms with Gasteiger partial charge in [0, 0.05) is 45.9 Å². The summed E-state index contributed by atoms with van der Waals surface area (Å²) in [4.78, 5) is 12.6. The lowest BCUT2D eigenvalue weighted by atomic mass is 9.86. The zero-order valence-corrected chi connectivity index (χ0v) is 14.1. The van der Waals surface area contributed by atoms with Gasteiger partial charge in [-0.2, -0.15) is 5.10 Å². The molecule has 6 nitrogen and oxygen atoms in total. The average molecular weight is 320 g/mol. The topological polar surface area (TPSA) is 68.2 Å². The maximum atomic E-state index is 12.6. The summed E-state index contributed by atoms with van der Waals surface area (Å²) in [5, 5.41) is 10.8. The predicted octanol–water partition coefficient (Wildman–Crippen LogP) is 1.04. The van der Waals surface area contributed by atoms with Gasteiger partial charge in [0.2, 0.25) is 5.91 Å². The quantitative estimate of drug-likeness (QED) is 0.851. The van der Waals surface area contributed by atoms with E-state index >= 15 is 0 Å². The number of carbonyl (C=O) groups excluding carboxylic acids is 1. The molecule has 1 aliphatic carbocycles. The van der Waals surface area contributed by atoms with Gasteiger partial charge in [0.15, 0.2) is 0 Å². The van der Waals surface area contributed by atoms with Crippen LogP contribution in [0.3, 0.4) is 0 Å². The first-order valence-corrected chi connectivity index (χ1v) is 8.67. The molecule has 0 spiro atoms. The molecule has 1 aromatic rings. The number of nitrogens with one attached hydrogen (secondary N) is 2. The Morgan fingerprint density at radius 1 is 1.39 bits per heavy atom. The van der Waals surface area contributed by atoms with Crippen LogP contribution < -0.4 is 10.6 Å². The molecule has 6 heteroatoms. The van der Waals surface area contributed by atoms with Crippen LogP contribution in [0.4, 0.5) is 0 Å². The molecular formula is C17H28N4O2. The molecule has 0 unspecified atom stereocenters. The van der Waals surface area contributed by atoms with Gasteiger partial charge < -0.3 is 15.4 Å². The van der Waals surface area contributed by atoms with Crippen LogP contribution in [-0.2, 0) is 16.6 Å². The minimum atomic E-state index is 0.00881.